The molecule has 2 aromatic rings. The Morgan fingerprint density at radius 2 is 1.62 bits per heavy atom. The van der Waals surface area contributed by atoms with E-state index in [1.165, 1.54) is 19.2 Å². The molecular formula is C15H13BrO5. The Bertz CT molecular complexity index is 669. The van der Waals surface area contributed by atoms with Gasteiger partial charge in [0.15, 0.2) is 0 Å². The average molecular weight is 353 g/mol. The van der Waals surface area contributed by atoms with E-state index in [0.29, 0.717) is 21.7 Å². The molecule has 0 fully saturated rings. The number of aromatic carboxylic acids is 1. The molecule has 0 aliphatic rings. The van der Waals surface area contributed by atoms with Gasteiger partial charge in [0.05, 0.1) is 18.7 Å². The second kappa shape index (κ2) is 6.49. The Labute approximate surface area is 130 Å². The molecule has 0 aliphatic carbocycles. The number of halogens is 1. The Hall–Kier alpha value is -2.21. The van der Waals surface area contributed by atoms with Crippen molar-refractivity contribution in [3.63, 3.8) is 0 Å². The standard InChI is InChI=1S/C15H13BrO5/c1-19-9-4-6-13(12(16)7-9)21-14-8-10(20-2)3-5-11(14)15(17)18/h3-8H,1-2H3,(H,17,18). The van der Waals surface area contributed by atoms with E-state index in [9.17, 15) is 9.90 Å². The summed E-state index contributed by atoms with van der Waals surface area (Å²) < 4.78 is 16.5. The van der Waals surface area contributed by atoms with Crippen LogP contribution in [-0.4, -0.2) is 25.3 Å². The van der Waals surface area contributed by atoms with Crippen molar-refractivity contribution in [3.05, 3.63) is 46.4 Å². The zero-order valence-electron chi connectivity index (χ0n) is 11.4. The second-order valence-corrected chi connectivity index (χ2v) is 4.92. The zero-order chi connectivity index (χ0) is 15.4. The predicted octanol–water partition coefficient (Wildman–Crippen LogP) is 3.96. The van der Waals surface area contributed by atoms with Gasteiger partial charge in [0.2, 0.25) is 0 Å². The molecule has 6 heteroatoms. The molecule has 21 heavy (non-hydrogen) atoms. The molecule has 2 aromatic carbocycles. The van der Waals surface area contributed by atoms with Gasteiger partial charge in [-0.15, -0.1) is 0 Å². The van der Waals surface area contributed by atoms with Crippen molar-refractivity contribution in [2.75, 3.05) is 14.2 Å². The number of methoxy groups -OCH3 is 2. The minimum atomic E-state index is -1.07. The Morgan fingerprint density at radius 3 is 2.19 bits per heavy atom. The topological polar surface area (TPSA) is 65.0 Å². The minimum Gasteiger partial charge on any atom is -0.497 e. The van der Waals surface area contributed by atoms with Gasteiger partial charge in [0, 0.05) is 6.07 Å². The summed E-state index contributed by atoms with van der Waals surface area (Å²) in [5.41, 5.74) is 0.0542. The molecule has 0 radical (unpaired) electrons. The maximum atomic E-state index is 11.2. The average Bonchev–Trinajstić information content (AvgIpc) is 2.48. The number of rotatable bonds is 5. The van der Waals surface area contributed by atoms with Gasteiger partial charge < -0.3 is 19.3 Å². The molecule has 0 amide bonds. The molecule has 0 aliphatic heterocycles. The van der Waals surface area contributed by atoms with Gasteiger partial charge in [0.25, 0.3) is 0 Å². The van der Waals surface area contributed by atoms with E-state index < -0.39 is 5.97 Å². The van der Waals surface area contributed by atoms with Gasteiger partial charge in [-0.1, -0.05) is 0 Å². The van der Waals surface area contributed by atoms with Crippen LogP contribution in [0.15, 0.2) is 40.9 Å². The van der Waals surface area contributed by atoms with Crippen molar-refractivity contribution in [1.82, 2.24) is 0 Å². The van der Waals surface area contributed by atoms with Crippen molar-refractivity contribution < 1.29 is 24.1 Å². The van der Waals surface area contributed by atoms with Crippen molar-refractivity contribution in [3.8, 4) is 23.0 Å². The van der Waals surface area contributed by atoms with Crippen LogP contribution in [0.5, 0.6) is 23.0 Å². The fourth-order valence-corrected chi connectivity index (χ4v) is 2.14. The quantitative estimate of drug-likeness (QED) is 0.882. The van der Waals surface area contributed by atoms with Crippen LogP contribution in [0.4, 0.5) is 0 Å². The summed E-state index contributed by atoms with van der Waals surface area (Å²) in [7, 11) is 3.07. The van der Waals surface area contributed by atoms with Gasteiger partial charge >= 0.3 is 5.97 Å². The fraction of sp³-hybridized carbons (Fsp3) is 0.133. The maximum Gasteiger partial charge on any atom is 0.339 e. The summed E-state index contributed by atoms with van der Waals surface area (Å²) in [5, 5.41) is 9.21. The van der Waals surface area contributed by atoms with E-state index in [-0.39, 0.29) is 11.3 Å². The maximum absolute atomic E-state index is 11.2. The van der Waals surface area contributed by atoms with E-state index in [4.69, 9.17) is 14.2 Å². The fourth-order valence-electron chi connectivity index (χ4n) is 1.70. The highest BCUT2D eigenvalue weighted by atomic mass is 79.9. The van der Waals surface area contributed by atoms with E-state index in [1.54, 1.807) is 31.4 Å². The van der Waals surface area contributed by atoms with E-state index in [2.05, 4.69) is 15.9 Å². The third kappa shape index (κ3) is 3.46. The van der Waals surface area contributed by atoms with E-state index >= 15 is 0 Å². The lowest BCUT2D eigenvalue weighted by atomic mass is 10.2. The molecule has 0 bridgehead atoms. The number of benzene rings is 2. The summed E-state index contributed by atoms with van der Waals surface area (Å²) in [6.45, 7) is 0. The molecule has 1 N–H and O–H groups in total. The first kappa shape index (κ1) is 15.2. The first-order chi connectivity index (χ1) is 10.0. The van der Waals surface area contributed by atoms with Crippen LogP contribution in [-0.2, 0) is 0 Å². The first-order valence-electron chi connectivity index (χ1n) is 5.98. The normalized spacial score (nSPS) is 10.0. The molecule has 2 rings (SSSR count). The van der Waals surface area contributed by atoms with E-state index in [0.717, 1.165) is 0 Å². The Kier molecular flexibility index (Phi) is 4.70. The lowest BCUT2D eigenvalue weighted by Gasteiger charge is -2.12. The summed E-state index contributed by atoms with van der Waals surface area (Å²) >= 11 is 3.36. The van der Waals surface area contributed by atoms with Crippen molar-refractivity contribution in [1.29, 1.82) is 0 Å². The first-order valence-corrected chi connectivity index (χ1v) is 6.77. The third-order valence-corrected chi connectivity index (χ3v) is 3.40. The van der Waals surface area contributed by atoms with Crippen LogP contribution in [0.3, 0.4) is 0 Å². The summed E-state index contributed by atoms with van der Waals surface area (Å²) in [6.07, 6.45) is 0. The number of carboxylic acids is 1. The lowest BCUT2D eigenvalue weighted by molar-refractivity contribution is 0.0694. The Morgan fingerprint density at radius 1 is 1.00 bits per heavy atom. The van der Waals surface area contributed by atoms with Gasteiger partial charge in [-0.3, -0.25) is 0 Å². The van der Waals surface area contributed by atoms with Crippen molar-refractivity contribution in [2.45, 2.75) is 0 Å². The van der Waals surface area contributed by atoms with Crippen LogP contribution < -0.4 is 14.2 Å². The van der Waals surface area contributed by atoms with Gasteiger partial charge in [-0.25, -0.2) is 4.79 Å². The minimum absolute atomic E-state index is 0.0542. The largest absolute Gasteiger partial charge is 0.497 e. The van der Waals surface area contributed by atoms with Crippen molar-refractivity contribution in [2.24, 2.45) is 0 Å². The molecule has 0 spiro atoms. The molecule has 110 valence electrons. The highest BCUT2D eigenvalue weighted by molar-refractivity contribution is 9.10. The molecule has 0 saturated heterocycles. The molecule has 0 atom stereocenters. The highest BCUT2D eigenvalue weighted by Crippen LogP contribution is 2.35. The third-order valence-electron chi connectivity index (χ3n) is 2.78. The monoisotopic (exact) mass is 352 g/mol. The SMILES string of the molecule is COc1ccc(Oc2cc(OC)ccc2C(=O)O)c(Br)c1. The second-order valence-electron chi connectivity index (χ2n) is 4.07. The highest BCUT2D eigenvalue weighted by Gasteiger charge is 2.14. The number of carboxylic acid groups (broad SMARTS) is 1. The molecular weight excluding hydrogens is 340 g/mol. The molecule has 0 heterocycles. The summed E-state index contributed by atoms with van der Waals surface area (Å²) in [5.74, 6) is 0.787. The van der Waals surface area contributed by atoms with Gasteiger partial charge in [-0.05, 0) is 46.3 Å². The van der Waals surface area contributed by atoms with Crippen LogP contribution in [0, 0.1) is 0 Å². The molecule has 0 aromatic heterocycles. The van der Waals surface area contributed by atoms with Crippen LogP contribution in [0.2, 0.25) is 0 Å². The molecule has 5 nitrogen and oxygen atoms in total. The Balaban J connectivity index is 2.40. The van der Waals surface area contributed by atoms with Gasteiger partial charge in [0.1, 0.15) is 28.6 Å². The van der Waals surface area contributed by atoms with Crippen LogP contribution in [0.1, 0.15) is 10.4 Å². The lowest BCUT2D eigenvalue weighted by Crippen LogP contribution is -2.00. The molecule has 0 saturated carbocycles. The number of carbonyl (C=O) groups is 1. The van der Waals surface area contributed by atoms with Crippen LogP contribution >= 0.6 is 15.9 Å². The summed E-state index contributed by atoms with van der Waals surface area (Å²) in [4.78, 5) is 11.2. The summed E-state index contributed by atoms with van der Waals surface area (Å²) in [6, 6.07) is 9.68. The van der Waals surface area contributed by atoms with Gasteiger partial charge in [-0.2, -0.15) is 0 Å². The predicted molar refractivity (Wildman–Crippen MR) is 80.7 cm³/mol. The van der Waals surface area contributed by atoms with E-state index in [1.807, 2.05) is 0 Å². The molecule has 0 unspecified atom stereocenters. The van der Waals surface area contributed by atoms with Crippen LogP contribution in [0.25, 0.3) is 0 Å². The van der Waals surface area contributed by atoms with Crippen molar-refractivity contribution >= 4 is 21.9 Å². The zero-order valence-corrected chi connectivity index (χ0v) is 13.0. The number of hydrogen-bond acceptors (Lipinski definition) is 4. The number of hydrogen-bond donors (Lipinski definition) is 1. The number of ether oxygens (including phenoxy) is 3. The smallest absolute Gasteiger partial charge is 0.339 e.